The maximum Gasteiger partial charge on any atom is 0.417 e. The highest BCUT2D eigenvalue weighted by atomic mass is 32.2. The summed E-state index contributed by atoms with van der Waals surface area (Å²) in [6, 6.07) is 3.67. The molecular weight excluding hydrogens is 311 g/mol. The van der Waals surface area contributed by atoms with E-state index in [1.165, 1.54) is 0 Å². The molecule has 1 aliphatic carbocycles. The predicted octanol–water partition coefficient (Wildman–Crippen LogP) is 1.99. The van der Waals surface area contributed by atoms with E-state index in [1.54, 1.807) is 0 Å². The number of alkyl halides is 3. The Labute approximate surface area is 118 Å². The minimum Gasteiger partial charge on any atom is -0.480 e. The molecule has 21 heavy (non-hydrogen) atoms. The fraction of sp³-hybridized carbons (Fsp3) is 0.417. The van der Waals surface area contributed by atoms with Crippen molar-refractivity contribution < 1.29 is 31.5 Å². The Bertz CT molecular complexity index is 665. The number of hydrogen-bond donors (Lipinski definition) is 2. The number of rotatable bonds is 4. The zero-order valence-electron chi connectivity index (χ0n) is 10.6. The summed E-state index contributed by atoms with van der Waals surface area (Å²) in [5.74, 6) is -1.39. The Morgan fingerprint density at radius 2 is 1.81 bits per heavy atom. The van der Waals surface area contributed by atoms with E-state index in [-0.39, 0.29) is 12.8 Å². The van der Waals surface area contributed by atoms with Crippen LogP contribution >= 0.6 is 0 Å². The summed E-state index contributed by atoms with van der Waals surface area (Å²) in [4.78, 5) is 10.2. The van der Waals surface area contributed by atoms with Crippen molar-refractivity contribution in [3.8, 4) is 0 Å². The zero-order chi connectivity index (χ0) is 15.9. The number of benzene rings is 1. The van der Waals surface area contributed by atoms with Crippen LogP contribution in [0.2, 0.25) is 0 Å². The Hall–Kier alpha value is -1.61. The third kappa shape index (κ3) is 2.88. The first kappa shape index (κ1) is 15.8. The van der Waals surface area contributed by atoms with E-state index in [2.05, 4.69) is 0 Å². The van der Waals surface area contributed by atoms with Crippen LogP contribution in [0.5, 0.6) is 0 Å². The van der Waals surface area contributed by atoms with Crippen molar-refractivity contribution >= 4 is 16.0 Å². The van der Waals surface area contributed by atoms with E-state index in [0.717, 1.165) is 18.2 Å². The summed E-state index contributed by atoms with van der Waals surface area (Å²) < 4.78 is 64.8. The molecule has 0 aromatic heterocycles. The number of aliphatic carboxylic acids is 1. The second-order valence-corrected chi connectivity index (χ2v) is 6.49. The molecule has 1 saturated carbocycles. The maximum atomic E-state index is 12.9. The van der Waals surface area contributed by atoms with Crippen molar-refractivity contribution in [2.24, 2.45) is 0 Å². The molecule has 0 saturated heterocycles. The first-order valence-electron chi connectivity index (χ1n) is 6.02. The largest absolute Gasteiger partial charge is 0.480 e. The number of carboxylic acids is 1. The van der Waals surface area contributed by atoms with Crippen LogP contribution < -0.4 is 4.72 Å². The van der Waals surface area contributed by atoms with Crippen LogP contribution in [0, 0.1) is 0 Å². The Balaban J connectivity index is 2.44. The summed E-state index contributed by atoms with van der Waals surface area (Å²) in [6.07, 6.45) is -4.25. The minimum absolute atomic E-state index is 0.0513. The van der Waals surface area contributed by atoms with Gasteiger partial charge in [-0.2, -0.15) is 17.9 Å². The summed E-state index contributed by atoms with van der Waals surface area (Å²) >= 11 is 0. The lowest BCUT2D eigenvalue weighted by Crippen LogP contribution is -2.59. The van der Waals surface area contributed by atoms with Gasteiger partial charge in [-0.1, -0.05) is 12.1 Å². The number of halogens is 3. The number of nitrogens with one attached hydrogen (secondary N) is 1. The minimum atomic E-state index is -4.85. The molecule has 5 nitrogen and oxygen atoms in total. The SMILES string of the molecule is O=C(O)C1(NS(=O)(=O)c2ccccc2C(F)(F)F)CCC1. The highest BCUT2D eigenvalue weighted by Gasteiger charge is 2.48. The molecule has 1 fully saturated rings. The first-order valence-corrected chi connectivity index (χ1v) is 7.50. The fourth-order valence-electron chi connectivity index (χ4n) is 2.14. The highest BCUT2D eigenvalue weighted by molar-refractivity contribution is 7.89. The van der Waals surface area contributed by atoms with E-state index in [1.807, 2.05) is 4.72 Å². The van der Waals surface area contributed by atoms with Crippen LogP contribution in [0.1, 0.15) is 24.8 Å². The van der Waals surface area contributed by atoms with Gasteiger partial charge in [-0.25, -0.2) is 8.42 Å². The van der Waals surface area contributed by atoms with Crippen molar-refractivity contribution in [1.82, 2.24) is 4.72 Å². The molecule has 1 aromatic carbocycles. The third-order valence-electron chi connectivity index (χ3n) is 3.43. The average Bonchev–Trinajstić information content (AvgIpc) is 2.32. The Kier molecular flexibility index (Phi) is 3.75. The topological polar surface area (TPSA) is 83.5 Å². The summed E-state index contributed by atoms with van der Waals surface area (Å²) in [6.45, 7) is 0. The van der Waals surface area contributed by atoms with Crippen LogP contribution in [-0.2, 0) is 21.0 Å². The molecule has 2 rings (SSSR count). The molecule has 0 aliphatic heterocycles. The van der Waals surface area contributed by atoms with E-state index in [0.29, 0.717) is 12.5 Å². The van der Waals surface area contributed by atoms with Gasteiger partial charge in [0.15, 0.2) is 0 Å². The molecule has 9 heteroatoms. The van der Waals surface area contributed by atoms with Gasteiger partial charge in [0.1, 0.15) is 5.54 Å². The molecule has 2 N–H and O–H groups in total. The molecule has 0 unspecified atom stereocenters. The maximum absolute atomic E-state index is 12.9. The van der Waals surface area contributed by atoms with Crippen LogP contribution in [-0.4, -0.2) is 25.0 Å². The normalized spacial score (nSPS) is 18.0. The predicted molar refractivity (Wildman–Crippen MR) is 66.0 cm³/mol. The molecule has 0 atom stereocenters. The zero-order valence-corrected chi connectivity index (χ0v) is 11.5. The average molecular weight is 323 g/mol. The summed E-state index contributed by atoms with van der Waals surface area (Å²) in [5, 5.41) is 9.07. The molecule has 0 amide bonds. The second-order valence-electron chi connectivity index (χ2n) is 4.84. The van der Waals surface area contributed by atoms with Crippen molar-refractivity contribution in [2.75, 3.05) is 0 Å². The smallest absolute Gasteiger partial charge is 0.417 e. The van der Waals surface area contributed by atoms with Crippen molar-refractivity contribution in [2.45, 2.75) is 35.9 Å². The lowest BCUT2D eigenvalue weighted by molar-refractivity contribution is -0.147. The van der Waals surface area contributed by atoms with Gasteiger partial charge < -0.3 is 5.11 Å². The number of hydrogen-bond acceptors (Lipinski definition) is 3. The van der Waals surface area contributed by atoms with Crippen LogP contribution in [0.3, 0.4) is 0 Å². The molecule has 116 valence electrons. The van der Waals surface area contributed by atoms with Crippen LogP contribution in [0.4, 0.5) is 13.2 Å². The van der Waals surface area contributed by atoms with Gasteiger partial charge >= 0.3 is 12.1 Å². The number of sulfonamides is 1. The second kappa shape index (κ2) is 4.99. The van der Waals surface area contributed by atoms with Crippen molar-refractivity contribution in [3.63, 3.8) is 0 Å². The van der Waals surface area contributed by atoms with Gasteiger partial charge in [-0.15, -0.1) is 0 Å². The summed E-state index contributed by atoms with van der Waals surface area (Å²) in [5.41, 5.74) is -3.03. The number of carbonyl (C=O) groups is 1. The van der Waals surface area contributed by atoms with E-state index in [9.17, 15) is 26.4 Å². The van der Waals surface area contributed by atoms with Gasteiger partial charge in [0.2, 0.25) is 10.0 Å². The standard InChI is InChI=1S/C12H12F3NO4S/c13-12(14,15)8-4-1-2-5-9(8)21(19,20)16-11(10(17)18)6-3-7-11/h1-2,4-5,16H,3,6-7H2,(H,17,18). The quantitative estimate of drug-likeness (QED) is 0.887. The highest BCUT2D eigenvalue weighted by Crippen LogP contribution is 2.37. The van der Waals surface area contributed by atoms with Crippen molar-refractivity contribution in [1.29, 1.82) is 0 Å². The molecule has 0 heterocycles. The van der Waals surface area contributed by atoms with Gasteiger partial charge in [-0.05, 0) is 31.4 Å². The van der Waals surface area contributed by atoms with E-state index >= 15 is 0 Å². The molecule has 1 aliphatic rings. The van der Waals surface area contributed by atoms with Gasteiger partial charge in [0, 0.05) is 0 Å². The van der Waals surface area contributed by atoms with Crippen LogP contribution in [0.25, 0.3) is 0 Å². The molecule has 1 aromatic rings. The van der Waals surface area contributed by atoms with Gasteiger partial charge in [0.05, 0.1) is 10.5 Å². The summed E-state index contributed by atoms with van der Waals surface area (Å²) in [7, 11) is -4.59. The monoisotopic (exact) mass is 323 g/mol. The molecular formula is C12H12F3NO4S. The van der Waals surface area contributed by atoms with Gasteiger partial charge in [-0.3, -0.25) is 4.79 Å². The van der Waals surface area contributed by atoms with Gasteiger partial charge in [0.25, 0.3) is 0 Å². The number of carboxylic acid groups (broad SMARTS) is 1. The molecule has 0 radical (unpaired) electrons. The van der Waals surface area contributed by atoms with E-state index < -0.39 is 38.2 Å². The van der Waals surface area contributed by atoms with Crippen LogP contribution in [0.15, 0.2) is 29.2 Å². The first-order chi connectivity index (χ1) is 9.58. The third-order valence-corrected chi connectivity index (χ3v) is 5.02. The fourth-order valence-corrected chi connectivity index (χ4v) is 3.78. The van der Waals surface area contributed by atoms with E-state index in [4.69, 9.17) is 5.11 Å². The van der Waals surface area contributed by atoms with Crippen molar-refractivity contribution in [3.05, 3.63) is 29.8 Å². The Morgan fingerprint density at radius 1 is 1.24 bits per heavy atom. The molecule has 0 spiro atoms. The lowest BCUT2D eigenvalue weighted by Gasteiger charge is -2.37. The molecule has 0 bridgehead atoms. The Morgan fingerprint density at radius 3 is 2.24 bits per heavy atom. The lowest BCUT2D eigenvalue weighted by atomic mass is 9.78.